The Morgan fingerprint density at radius 1 is 1.42 bits per heavy atom. The third-order valence-electron chi connectivity index (χ3n) is 3.84. The molecule has 19 heavy (non-hydrogen) atoms. The summed E-state index contributed by atoms with van der Waals surface area (Å²) in [4.78, 5) is 18.5. The van der Waals surface area contributed by atoms with E-state index in [4.69, 9.17) is 0 Å². The number of carbonyl (C=O) groups is 1. The van der Waals surface area contributed by atoms with Crippen molar-refractivity contribution in [1.82, 2.24) is 10.3 Å². The molecule has 104 valence electrons. The van der Waals surface area contributed by atoms with E-state index < -0.39 is 0 Å². The van der Waals surface area contributed by atoms with E-state index in [1.165, 1.54) is 5.69 Å². The molecule has 5 heteroatoms. The lowest BCUT2D eigenvalue weighted by atomic mass is 9.79. The summed E-state index contributed by atoms with van der Waals surface area (Å²) in [6.07, 6.45) is 5.38. The maximum absolute atomic E-state index is 12.1. The minimum Gasteiger partial charge on any atom is -0.371 e. The second kappa shape index (κ2) is 6.28. The third-order valence-corrected chi connectivity index (χ3v) is 4.06. The Bertz CT molecular complexity index is 416. The van der Waals surface area contributed by atoms with Crippen molar-refractivity contribution in [3.05, 3.63) is 24.5 Å². The molecule has 1 aliphatic heterocycles. The molecule has 0 aromatic carbocycles. The molecule has 0 spiro atoms. The van der Waals surface area contributed by atoms with Crippen LogP contribution in [0, 0.1) is 5.41 Å². The van der Waals surface area contributed by atoms with Crippen molar-refractivity contribution in [2.24, 2.45) is 5.41 Å². The SMILES string of the molecule is CC1(C(=O)NCCS)CCN(c2ccncc2)CC1. The van der Waals surface area contributed by atoms with E-state index >= 15 is 0 Å². The number of carbonyl (C=O) groups excluding carboxylic acids is 1. The normalized spacial score (nSPS) is 18.1. The molecule has 0 aliphatic carbocycles. The van der Waals surface area contributed by atoms with Crippen molar-refractivity contribution in [2.75, 3.05) is 30.3 Å². The monoisotopic (exact) mass is 279 g/mol. The van der Waals surface area contributed by atoms with Crippen LogP contribution in [-0.2, 0) is 4.79 Å². The van der Waals surface area contributed by atoms with Gasteiger partial charge < -0.3 is 10.2 Å². The summed E-state index contributed by atoms with van der Waals surface area (Å²) < 4.78 is 0. The van der Waals surface area contributed by atoms with Crippen LogP contribution in [-0.4, -0.2) is 36.3 Å². The maximum Gasteiger partial charge on any atom is 0.226 e. The van der Waals surface area contributed by atoms with Crippen LogP contribution in [0.15, 0.2) is 24.5 Å². The Balaban J connectivity index is 1.93. The molecule has 1 N–H and O–H groups in total. The molecule has 4 nitrogen and oxygen atoms in total. The van der Waals surface area contributed by atoms with Gasteiger partial charge in [0.25, 0.3) is 0 Å². The van der Waals surface area contributed by atoms with Gasteiger partial charge in [-0.05, 0) is 25.0 Å². The molecular weight excluding hydrogens is 258 g/mol. The topological polar surface area (TPSA) is 45.2 Å². The number of hydrogen-bond acceptors (Lipinski definition) is 4. The molecule has 0 radical (unpaired) electrons. The third kappa shape index (κ3) is 3.41. The van der Waals surface area contributed by atoms with E-state index in [0.717, 1.165) is 25.9 Å². The van der Waals surface area contributed by atoms with E-state index in [-0.39, 0.29) is 11.3 Å². The van der Waals surface area contributed by atoms with Gasteiger partial charge in [0.2, 0.25) is 5.91 Å². The first kappa shape index (κ1) is 14.2. The number of pyridine rings is 1. The average Bonchev–Trinajstić information content (AvgIpc) is 2.46. The van der Waals surface area contributed by atoms with Crippen LogP contribution in [0.4, 0.5) is 5.69 Å². The van der Waals surface area contributed by atoms with E-state index in [2.05, 4.69) is 34.8 Å². The van der Waals surface area contributed by atoms with Crippen LogP contribution in [0.25, 0.3) is 0 Å². The van der Waals surface area contributed by atoms with Gasteiger partial charge in [-0.3, -0.25) is 9.78 Å². The molecule has 1 amide bonds. The standard InChI is InChI=1S/C14H21N3OS/c1-14(13(18)16-8-11-19)4-9-17(10-5-14)12-2-6-15-7-3-12/h2-3,6-7,19H,4-5,8-11H2,1H3,(H,16,18). The number of hydrogen-bond donors (Lipinski definition) is 2. The quantitative estimate of drug-likeness (QED) is 0.825. The molecule has 1 saturated heterocycles. The zero-order chi connectivity index (χ0) is 13.7. The molecule has 0 saturated carbocycles. The van der Waals surface area contributed by atoms with Gasteiger partial charge in [-0.15, -0.1) is 0 Å². The minimum atomic E-state index is -0.244. The Morgan fingerprint density at radius 2 is 2.05 bits per heavy atom. The number of thiol groups is 1. The highest BCUT2D eigenvalue weighted by molar-refractivity contribution is 7.80. The van der Waals surface area contributed by atoms with Crippen LogP contribution in [0.5, 0.6) is 0 Å². The molecule has 1 aromatic rings. The van der Waals surface area contributed by atoms with Gasteiger partial charge in [-0.2, -0.15) is 12.6 Å². The molecule has 0 atom stereocenters. The van der Waals surface area contributed by atoms with Gasteiger partial charge in [-0.25, -0.2) is 0 Å². The summed E-state index contributed by atoms with van der Waals surface area (Å²) in [6, 6.07) is 4.03. The zero-order valence-corrected chi connectivity index (χ0v) is 12.2. The molecule has 0 unspecified atom stereocenters. The van der Waals surface area contributed by atoms with Gasteiger partial charge in [-0.1, -0.05) is 6.92 Å². The zero-order valence-electron chi connectivity index (χ0n) is 11.3. The highest BCUT2D eigenvalue weighted by atomic mass is 32.1. The summed E-state index contributed by atoms with van der Waals surface area (Å²) in [5.41, 5.74) is 0.944. The first-order valence-corrected chi connectivity index (χ1v) is 7.33. The Morgan fingerprint density at radius 3 is 2.63 bits per heavy atom. The maximum atomic E-state index is 12.1. The van der Waals surface area contributed by atoms with Crippen molar-refractivity contribution in [3.8, 4) is 0 Å². The summed E-state index contributed by atoms with van der Waals surface area (Å²) >= 11 is 4.12. The lowest BCUT2D eigenvalue weighted by Crippen LogP contribution is -2.47. The molecule has 1 aliphatic rings. The highest BCUT2D eigenvalue weighted by Gasteiger charge is 2.36. The van der Waals surface area contributed by atoms with Crippen molar-refractivity contribution in [2.45, 2.75) is 19.8 Å². The minimum absolute atomic E-state index is 0.163. The van der Waals surface area contributed by atoms with E-state index in [0.29, 0.717) is 12.3 Å². The van der Waals surface area contributed by atoms with Gasteiger partial charge in [0.15, 0.2) is 0 Å². The summed E-state index contributed by atoms with van der Waals surface area (Å²) in [5, 5.41) is 2.95. The number of nitrogens with zero attached hydrogens (tertiary/aromatic N) is 2. The van der Waals surface area contributed by atoms with E-state index in [9.17, 15) is 4.79 Å². The summed E-state index contributed by atoms with van der Waals surface area (Å²) in [7, 11) is 0. The fourth-order valence-electron chi connectivity index (χ4n) is 2.42. The predicted octanol–water partition coefficient (Wildman–Crippen LogP) is 1.73. The first-order chi connectivity index (χ1) is 9.15. The number of rotatable bonds is 4. The molecule has 1 fully saturated rings. The van der Waals surface area contributed by atoms with E-state index in [1.807, 2.05) is 24.5 Å². The second-order valence-corrected chi connectivity index (χ2v) is 5.68. The average molecular weight is 279 g/mol. The number of aromatic nitrogens is 1. The fraction of sp³-hybridized carbons (Fsp3) is 0.571. The Hall–Kier alpha value is -1.23. The van der Waals surface area contributed by atoms with Crippen LogP contribution < -0.4 is 10.2 Å². The van der Waals surface area contributed by atoms with E-state index in [1.54, 1.807) is 0 Å². The van der Waals surface area contributed by atoms with Crippen molar-refractivity contribution in [1.29, 1.82) is 0 Å². The molecule has 0 bridgehead atoms. The lowest BCUT2D eigenvalue weighted by molar-refractivity contribution is -0.131. The van der Waals surface area contributed by atoms with Gasteiger partial charge in [0.1, 0.15) is 0 Å². The largest absolute Gasteiger partial charge is 0.371 e. The van der Waals surface area contributed by atoms with Gasteiger partial charge >= 0.3 is 0 Å². The van der Waals surface area contributed by atoms with Gasteiger partial charge in [0.05, 0.1) is 0 Å². The van der Waals surface area contributed by atoms with Crippen LogP contribution in [0.3, 0.4) is 0 Å². The Labute approximate surface area is 120 Å². The van der Waals surface area contributed by atoms with Crippen LogP contribution in [0.2, 0.25) is 0 Å². The molecular formula is C14H21N3OS. The predicted molar refractivity (Wildman–Crippen MR) is 80.7 cm³/mol. The number of nitrogens with one attached hydrogen (secondary N) is 1. The highest BCUT2D eigenvalue weighted by Crippen LogP contribution is 2.32. The molecule has 2 rings (SSSR count). The van der Waals surface area contributed by atoms with Crippen LogP contribution in [0.1, 0.15) is 19.8 Å². The Kier molecular flexibility index (Phi) is 4.69. The molecule has 1 aromatic heterocycles. The smallest absolute Gasteiger partial charge is 0.226 e. The van der Waals surface area contributed by atoms with Crippen LogP contribution >= 0.6 is 12.6 Å². The number of amides is 1. The lowest BCUT2D eigenvalue weighted by Gasteiger charge is -2.39. The number of anilines is 1. The van der Waals surface area contributed by atoms with Gasteiger partial charge in [0, 0.05) is 48.9 Å². The van der Waals surface area contributed by atoms with Crippen molar-refractivity contribution in [3.63, 3.8) is 0 Å². The van der Waals surface area contributed by atoms with Crippen molar-refractivity contribution >= 4 is 24.2 Å². The summed E-state index contributed by atoms with van der Waals surface area (Å²) in [5.74, 6) is 0.848. The molecule has 2 heterocycles. The summed E-state index contributed by atoms with van der Waals surface area (Å²) in [6.45, 7) is 4.53. The van der Waals surface area contributed by atoms with Crippen molar-refractivity contribution < 1.29 is 4.79 Å². The second-order valence-electron chi connectivity index (χ2n) is 5.23. The first-order valence-electron chi connectivity index (χ1n) is 6.70. The fourth-order valence-corrected chi connectivity index (χ4v) is 2.53. The number of piperidine rings is 1.